The molecule has 0 aromatic carbocycles. The van der Waals surface area contributed by atoms with E-state index in [0.717, 1.165) is 32.1 Å². The van der Waals surface area contributed by atoms with Gasteiger partial charge in [-0.2, -0.15) is 8.42 Å². The second kappa shape index (κ2) is 34.2. The molecule has 12 nitrogen and oxygen atoms in total. The highest BCUT2D eigenvalue weighted by atomic mass is 32.2. The monoisotopic (exact) mass is 832 g/mol. The van der Waals surface area contributed by atoms with Crippen molar-refractivity contribution < 1.29 is 56.8 Å². The maximum Gasteiger partial charge on any atom is 0.306 e. The van der Waals surface area contributed by atoms with Crippen LogP contribution in [0, 0.1) is 0 Å². The molecule has 0 aromatic rings. The van der Waals surface area contributed by atoms with Crippen LogP contribution in [0.5, 0.6) is 0 Å². The number of carbonyl (C=O) groups excluding carboxylic acids is 2. The second-order valence-electron chi connectivity index (χ2n) is 13.7. The first kappa shape index (κ1) is 52.3. The van der Waals surface area contributed by atoms with Crippen molar-refractivity contribution in [2.75, 3.05) is 19.0 Å². The van der Waals surface area contributed by atoms with Gasteiger partial charge in [-0.15, -0.1) is 0 Å². The van der Waals surface area contributed by atoms with Gasteiger partial charge in [0.1, 0.15) is 36.8 Å². The molecular weight excluding hydrogens is 765 g/mol. The van der Waals surface area contributed by atoms with E-state index in [9.17, 15) is 37.9 Å². The van der Waals surface area contributed by atoms with Crippen molar-refractivity contribution in [1.29, 1.82) is 0 Å². The summed E-state index contributed by atoms with van der Waals surface area (Å²) in [4.78, 5) is 25.3. The molecule has 0 amide bonds. The first-order valence-electron chi connectivity index (χ1n) is 20.5. The Labute approximate surface area is 346 Å². The lowest BCUT2D eigenvalue weighted by Crippen LogP contribution is -2.60. The van der Waals surface area contributed by atoms with Gasteiger partial charge in [0.2, 0.25) is 0 Å². The van der Waals surface area contributed by atoms with Gasteiger partial charge in [-0.05, 0) is 64.2 Å². The van der Waals surface area contributed by atoms with Gasteiger partial charge in [0.25, 0.3) is 10.1 Å². The van der Waals surface area contributed by atoms with Crippen LogP contribution < -0.4 is 0 Å². The predicted molar refractivity (Wildman–Crippen MR) is 228 cm³/mol. The zero-order valence-corrected chi connectivity index (χ0v) is 35.2. The minimum absolute atomic E-state index is 0.0491. The zero-order chi connectivity index (χ0) is 42.7. The van der Waals surface area contributed by atoms with Crippen molar-refractivity contribution >= 4 is 22.1 Å². The van der Waals surface area contributed by atoms with E-state index < -0.39 is 71.2 Å². The molecule has 4 N–H and O–H groups in total. The molecule has 1 aliphatic rings. The van der Waals surface area contributed by atoms with Crippen molar-refractivity contribution in [3.05, 3.63) is 109 Å². The Bertz CT molecular complexity index is 1490. The fourth-order valence-corrected chi connectivity index (χ4v) is 5.98. The van der Waals surface area contributed by atoms with Crippen LogP contribution in [-0.2, 0) is 38.7 Å². The summed E-state index contributed by atoms with van der Waals surface area (Å²) in [7, 11) is -4.62. The van der Waals surface area contributed by atoms with Crippen LogP contribution in [0.2, 0.25) is 0 Å². The van der Waals surface area contributed by atoms with Gasteiger partial charge in [-0.1, -0.05) is 136 Å². The molecule has 6 atom stereocenters. The second-order valence-corrected chi connectivity index (χ2v) is 15.2. The third-order valence-corrected chi connectivity index (χ3v) is 9.21. The largest absolute Gasteiger partial charge is 0.462 e. The van der Waals surface area contributed by atoms with Gasteiger partial charge >= 0.3 is 11.9 Å². The summed E-state index contributed by atoms with van der Waals surface area (Å²) in [5.74, 6) is -2.18. The topological polar surface area (TPSA) is 186 Å². The molecule has 1 heterocycles. The third-order valence-electron chi connectivity index (χ3n) is 8.46. The minimum Gasteiger partial charge on any atom is -0.462 e. The molecule has 0 bridgehead atoms. The van der Waals surface area contributed by atoms with Crippen molar-refractivity contribution in [3.8, 4) is 0 Å². The Morgan fingerprint density at radius 2 is 1.14 bits per heavy atom. The van der Waals surface area contributed by atoms with Crippen LogP contribution in [0.15, 0.2) is 109 Å². The van der Waals surface area contributed by atoms with Crippen LogP contribution in [0.1, 0.15) is 104 Å². The number of unbranched alkanes of at least 4 members (excludes halogenated alkanes) is 5. The Hall–Kier alpha value is -3.69. The number of esters is 2. The lowest BCUT2D eigenvalue weighted by Gasteiger charge is -2.40. The number of aliphatic hydroxyl groups excluding tert-OH is 3. The molecule has 326 valence electrons. The van der Waals surface area contributed by atoms with Crippen LogP contribution in [0.25, 0.3) is 0 Å². The van der Waals surface area contributed by atoms with Gasteiger partial charge < -0.3 is 34.3 Å². The molecule has 58 heavy (non-hydrogen) atoms. The number of ether oxygens (including phenoxy) is 4. The first-order valence-corrected chi connectivity index (χ1v) is 22.1. The lowest BCUT2D eigenvalue weighted by molar-refractivity contribution is -0.297. The van der Waals surface area contributed by atoms with Crippen molar-refractivity contribution in [3.63, 3.8) is 0 Å². The SMILES string of the molecule is CC/C=C/C=C/C=C/C=C/C=C/CCCC(=O)OC(COC(=O)CCC/C=C/C/C=C/C/C=C/C/C=C/CCCCC)CO[C@H]1O[C@H](CS(=O)(=O)O)[C@@H](O)C(O)C1O. The van der Waals surface area contributed by atoms with Crippen LogP contribution in [0.3, 0.4) is 0 Å². The van der Waals surface area contributed by atoms with Gasteiger partial charge in [0.05, 0.1) is 6.61 Å². The number of allylic oxidation sites excluding steroid dienone is 18. The van der Waals surface area contributed by atoms with E-state index in [1.165, 1.54) is 19.3 Å². The summed E-state index contributed by atoms with van der Waals surface area (Å²) in [6.45, 7) is 3.43. The van der Waals surface area contributed by atoms with Crippen LogP contribution >= 0.6 is 0 Å². The third kappa shape index (κ3) is 28.7. The van der Waals surface area contributed by atoms with Gasteiger partial charge in [-0.25, -0.2) is 0 Å². The van der Waals surface area contributed by atoms with Crippen LogP contribution in [-0.4, -0.2) is 96.0 Å². The summed E-state index contributed by atoms with van der Waals surface area (Å²) in [5, 5.41) is 30.8. The van der Waals surface area contributed by atoms with Crippen molar-refractivity contribution in [2.24, 2.45) is 0 Å². The number of hydrogen-bond donors (Lipinski definition) is 4. The van der Waals surface area contributed by atoms with E-state index in [2.05, 4.69) is 56.4 Å². The minimum atomic E-state index is -4.62. The van der Waals surface area contributed by atoms with E-state index in [-0.39, 0.29) is 19.4 Å². The highest BCUT2D eigenvalue weighted by Crippen LogP contribution is 2.23. The van der Waals surface area contributed by atoms with E-state index in [4.69, 9.17) is 18.9 Å². The molecule has 1 fully saturated rings. The lowest BCUT2D eigenvalue weighted by atomic mass is 10.00. The molecule has 0 spiro atoms. The number of hydrogen-bond acceptors (Lipinski definition) is 11. The first-order chi connectivity index (χ1) is 28.0. The molecular formula is C45H68O12S. The molecule has 0 saturated carbocycles. The average molecular weight is 833 g/mol. The Kier molecular flexibility index (Phi) is 30.9. The van der Waals surface area contributed by atoms with E-state index in [1.807, 2.05) is 66.8 Å². The van der Waals surface area contributed by atoms with Gasteiger partial charge in [0, 0.05) is 12.8 Å². The van der Waals surface area contributed by atoms with Gasteiger partial charge in [0.15, 0.2) is 12.4 Å². The quantitative estimate of drug-likeness (QED) is 0.0176. The fourth-order valence-electron chi connectivity index (χ4n) is 5.28. The molecule has 1 aliphatic heterocycles. The van der Waals surface area contributed by atoms with E-state index in [1.54, 1.807) is 0 Å². The molecule has 0 radical (unpaired) electrons. The fraction of sp³-hybridized carbons (Fsp3) is 0.556. The number of rotatable bonds is 31. The Morgan fingerprint density at radius 1 is 0.621 bits per heavy atom. The zero-order valence-electron chi connectivity index (χ0n) is 34.3. The maximum atomic E-state index is 12.7. The van der Waals surface area contributed by atoms with Crippen LogP contribution in [0.4, 0.5) is 0 Å². The maximum absolute atomic E-state index is 12.7. The summed E-state index contributed by atoms with van der Waals surface area (Å²) >= 11 is 0. The Balaban J connectivity index is 2.60. The molecule has 13 heteroatoms. The summed E-state index contributed by atoms with van der Waals surface area (Å²) < 4.78 is 53.8. The average Bonchev–Trinajstić information content (AvgIpc) is 3.18. The predicted octanol–water partition coefficient (Wildman–Crippen LogP) is 7.66. The molecule has 0 aromatic heterocycles. The molecule has 3 unspecified atom stereocenters. The van der Waals surface area contributed by atoms with E-state index in [0.29, 0.717) is 25.7 Å². The van der Waals surface area contributed by atoms with Crippen molar-refractivity contribution in [1.82, 2.24) is 0 Å². The molecule has 1 saturated heterocycles. The smallest absolute Gasteiger partial charge is 0.306 e. The molecule has 0 aliphatic carbocycles. The van der Waals surface area contributed by atoms with Crippen molar-refractivity contribution in [2.45, 2.75) is 141 Å². The van der Waals surface area contributed by atoms with Gasteiger partial charge in [-0.3, -0.25) is 14.1 Å². The summed E-state index contributed by atoms with van der Waals surface area (Å²) in [6.07, 6.45) is 37.3. The summed E-state index contributed by atoms with van der Waals surface area (Å²) in [6, 6.07) is 0. The van der Waals surface area contributed by atoms with E-state index >= 15 is 0 Å². The Morgan fingerprint density at radius 3 is 1.71 bits per heavy atom. The number of aliphatic hydroxyl groups is 3. The number of carbonyl (C=O) groups is 2. The molecule has 1 rings (SSSR count). The highest BCUT2D eigenvalue weighted by Gasteiger charge is 2.46. The highest BCUT2D eigenvalue weighted by molar-refractivity contribution is 7.85. The standard InChI is InChI=1S/C45H68O12S/c1-3-5-7-9-11-13-15-17-18-19-20-22-23-25-27-29-31-33-40(46)54-35-38(36-55-45-44(50)43(49)42(48)39(57-45)37-58(51,52)53)56-41(47)34-32-30-28-26-24-21-16-14-12-10-8-6-4-2/h6,8,10-14,16-18,20-22,24-28,38-39,42-45,48-50H,3-5,7,9,15,19,23,29-37H2,1-2H3,(H,51,52,53)/b8-6+,12-10+,13-11+,16-14+,18-17+,22-20+,24-21+,27-25+,28-26+/t38?,39-,42-,43?,44?,45+/m1/s1. The normalized spacial score (nSPS) is 21.5. The summed E-state index contributed by atoms with van der Waals surface area (Å²) in [5.41, 5.74) is 0.